The summed E-state index contributed by atoms with van der Waals surface area (Å²) in [6.07, 6.45) is 31.4. The third-order valence-electron chi connectivity index (χ3n) is 17.5. The van der Waals surface area contributed by atoms with Crippen molar-refractivity contribution in [3.63, 3.8) is 0 Å². The molecule has 0 heterocycles. The molecule has 0 saturated carbocycles. The summed E-state index contributed by atoms with van der Waals surface area (Å²) in [5.74, 6) is -1.87. The van der Waals surface area contributed by atoms with E-state index in [1.807, 2.05) is 194 Å². The molecule has 8 aromatic carbocycles. The van der Waals surface area contributed by atoms with Crippen LogP contribution in [0.1, 0.15) is 266 Å². The summed E-state index contributed by atoms with van der Waals surface area (Å²) >= 11 is 0. The van der Waals surface area contributed by atoms with E-state index in [-0.39, 0.29) is 164 Å². The molecule has 0 saturated heterocycles. The summed E-state index contributed by atoms with van der Waals surface area (Å²) in [7, 11) is 0. The largest absolute Gasteiger partial charge is 3.00 e. The molecule has 0 spiro atoms. The van der Waals surface area contributed by atoms with E-state index in [9.17, 15) is 39.6 Å². The Morgan fingerprint density at radius 1 is 0.216 bits per heavy atom. The Kier molecular flexibility index (Phi) is 47.1. The summed E-state index contributed by atoms with van der Waals surface area (Å²) in [5, 5.41) is 49.1. The Morgan fingerprint density at radius 2 is 0.324 bits per heavy atom. The number of carbonyl (C=O) groups is 4. The van der Waals surface area contributed by atoms with Gasteiger partial charge in [0.25, 0.3) is 0 Å². The van der Waals surface area contributed by atoms with Gasteiger partial charge in [-0.2, -0.15) is 0 Å². The van der Waals surface area contributed by atoms with Crippen molar-refractivity contribution < 1.29 is 158 Å². The van der Waals surface area contributed by atoms with E-state index in [4.69, 9.17) is 0 Å². The number of benzene rings is 8. The summed E-state index contributed by atoms with van der Waals surface area (Å²) in [5.41, 5.74) is 14.3. The van der Waals surface area contributed by atoms with Gasteiger partial charge in [-0.1, -0.05) is 324 Å². The molecule has 0 amide bonds. The summed E-state index contributed by atoms with van der Waals surface area (Å²) in [6.45, 7) is 17.3. The molecule has 0 bridgehead atoms. The van der Waals surface area contributed by atoms with Gasteiger partial charge in [0.1, 0.15) is 0 Å². The van der Waals surface area contributed by atoms with Crippen molar-refractivity contribution in [1.82, 2.24) is 0 Å². The molecule has 8 nitrogen and oxygen atoms in total. The van der Waals surface area contributed by atoms with Crippen LogP contribution in [0.5, 0.6) is 0 Å². The van der Waals surface area contributed by atoms with E-state index in [0.717, 1.165) is 154 Å². The standard InChI is InChI=1S/4C23H28O2.Cs.Eu/c4*1-3-5-7-18-9-13-20(14-10-18)22(24)17-23(25)21-15-11-19(12-16-21)8-6-4-2;;/h4*9-17,24H,3-8H2,1-2H3;;/q;;;;+1;+3/p-4/b4*22-17-;;. The van der Waals surface area contributed by atoms with Crippen molar-refractivity contribution in [1.29, 1.82) is 0 Å². The van der Waals surface area contributed by atoms with Crippen molar-refractivity contribution in [2.45, 2.75) is 209 Å². The molecular weight excluding hydrogens is 1520 g/mol. The second-order valence-corrected chi connectivity index (χ2v) is 25.9. The van der Waals surface area contributed by atoms with Gasteiger partial charge in [0.15, 0.2) is 23.1 Å². The molecule has 0 radical (unpaired) electrons. The summed E-state index contributed by atoms with van der Waals surface area (Å²) in [6, 6.07) is 60.6. The van der Waals surface area contributed by atoms with Crippen LogP contribution in [0, 0.1) is 49.4 Å². The average molecular weight is 1630 g/mol. The van der Waals surface area contributed by atoms with Crippen LogP contribution in [-0.4, -0.2) is 23.1 Å². The number of ketones is 4. The SMILES string of the molecule is CCCCc1ccc(C(=O)/C=C(\[O-])c2ccc(CCCC)cc2)cc1.CCCCc1ccc(C(=O)/C=C(\[O-])c2ccc(CCCC)cc2)cc1.CCCCc1ccc(C(=O)/C=C(\[O-])c2ccc(CCCC)cc2)cc1.CCCCc1ccc(C(=O)/C=C(\[O-])c2ccc(CCCC)cc2)cc1.[Cs+].[Eu+3]. The first-order chi connectivity index (χ1) is 48.5. The van der Waals surface area contributed by atoms with Gasteiger partial charge in [0.05, 0.1) is 0 Å². The molecule has 102 heavy (non-hydrogen) atoms. The van der Waals surface area contributed by atoms with E-state index in [1.165, 1.54) is 68.8 Å². The van der Waals surface area contributed by atoms with Gasteiger partial charge >= 0.3 is 118 Å². The molecule has 0 aliphatic heterocycles. The molecule has 0 atom stereocenters. The smallest absolute Gasteiger partial charge is 0.872 e. The zero-order valence-corrected chi connectivity index (χ0v) is 71.1. The van der Waals surface area contributed by atoms with Crippen LogP contribution in [0.25, 0.3) is 23.0 Å². The fraction of sp³-hybridized carbons (Fsp3) is 0.348. The fourth-order valence-corrected chi connectivity index (χ4v) is 10.9. The van der Waals surface area contributed by atoms with Gasteiger partial charge in [0, 0.05) is 22.3 Å². The minimum atomic E-state index is -0.234. The Morgan fingerprint density at radius 3 is 0.431 bits per heavy atom. The second-order valence-electron chi connectivity index (χ2n) is 25.9. The van der Waals surface area contributed by atoms with Crippen LogP contribution in [0.15, 0.2) is 218 Å². The Balaban J connectivity index is 0.000000351. The van der Waals surface area contributed by atoms with E-state index in [1.54, 1.807) is 0 Å². The van der Waals surface area contributed by atoms with Crippen LogP contribution in [0.4, 0.5) is 0 Å². The van der Waals surface area contributed by atoms with E-state index in [2.05, 4.69) is 55.4 Å². The number of aryl methyl sites for hydroxylation is 8. The van der Waals surface area contributed by atoms with Crippen LogP contribution < -0.4 is 89.3 Å². The molecule has 0 aromatic heterocycles. The monoisotopic (exact) mass is 1630 g/mol. The minimum Gasteiger partial charge on any atom is -0.872 e. The van der Waals surface area contributed by atoms with Crippen molar-refractivity contribution >= 4 is 46.2 Å². The van der Waals surface area contributed by atoms with Crippen molar-refractivity contribution in [2.75, 3.05) is 0 Å². The van der Waals surface area contributed by atoms with Crippen LogP contribution in [0.2, 0.25) is 0 Å². The molecule has 532 valence electrons. The van der Waals surface area contributed by atoms with Crippen LogP contribution in [-0.2, 0) is 51.4 Å². The molecule has 0 unspecified atom stereocenters. The van der Waals surface area contributed by atoms with E-state index < -0.39 is 0 Å². The van der Waals surface area contributed by atoms with Gasteiger partial charge in [-0.15, -0.1) is 0 Å². The van der Waals surface area contributed by atoms with Crippen molar-refractivity contribution in [3.8, 4) is 0 Å². The zero-order valence-electron chi connectivity index (χ0n) is 62.4. The zero-order chi connectivity index (χ0) is 72.3. The van der Waals surface area contributed by atoms with Crippen LogP contribution in [0.3, 0.4) is 0 Å². The van der Waals surface area contributed by atoms with Gasteiger partial charge in [-0.05, 0) is 194 Å². The molecule has 0 N–H and O–H groups in total. The predicted molar refractivity (Wildman–Crippen MR) is 410 cm³/mol. The maximum Gasteiger partial charge on any atom is 3.00 e. The maximum atomic E-state index is 12.3. The van der Waals surface area contributed by atoms with Gasteiger partial charge in [-0.25, -0.2) is 0 Å². The normalized spacial score (nSPS) is 11.3. The maximum absolute atomic E-state index is 12.3. The molecule has 8 rings (SSSR count). The quantitative estimate of drug-likeness (QED) is 0.0213. The molecule has 10 heteroatoms. The molecular formula is C92H108CsEuO8. The first-order valence-electron chi connectivity index (χ1n) is 37.0. The number of rotatable bonds is 36. The first-order valence-corrected chi connectivity index (χ1v) is 37.0. The number of hydrogen-bond acceptors (Lipinski definition) is 8. The fourth-order valence-electron chi connectivity index (χ4n) is 10.9. The summed E-state index contributed by atoms with van der Waals surface area (Å²) < 4.78 is 0. The molecule has 0 aliphatic carbocycles. The second kappa shape index (κ2) is 53.1. The predicted octanol–water partition coefficient (Wildman–Crippen LogP) is 16.8. The van der Waals surface area contributed by atoms with E-state index >= 15 is 0 Å². The molecule has 0 fully saturated rings. The van der Waals surface area contributed by atoms with Crippen molar-refractivity contribution in [2.24, 2.45) is 0 Å². The third kappa shape index (κ3) is 34.4. The van der Waals surface area contributed by atoms with E-state index in [0.29, 0.717) is 44.5 Å². The first kappa shape index (κ1) is 90.4. The minimum absolute atomic E-state index is 0. The van der Waals surface area contributed by atoms with Gasteiger partial charge in [0.2, 0.25) is 0 Å². The van der Waals surface area contributed by atoms with Gasteiger partial charge in [-0.3, -0.25) is 19.2 Å². The van der Waals surface area contributed by atoms with Gasteiger partial charge < -0.3 is 20.4 Å². The van der Waals surface area contributed by atoms with Crippen LogP contribution >= 0.6 is 0 Å². The summed E-state index contributed by atoms with van der Waals surface area (Å²) in [4.78, 5) is 49.1. The molecule has 0 aliphatic rings. The molecule has 8 aromatic rings. The number of allylic oxidation sites excluding steroid dienone is 4. The number of hydrogen-bond donors (Lipinski definition) is 0. The topological polar surface area (TPSA) is 161 Å². The Hall–Kier alpha value is -5.76. The Labute approximate surface area is 711 Å². The number of unbranched alkanes of at least 4 members (excludes halogenated alkanes) is 8. The Bertz CT molecular complexity index is 3300. The third-order valence-corrected chi connectivity index (χ3v) is 17.5. The van der Waals surface area contributed by atoms with Crippen molar-refractivity contribution in [3.05, 3.63) is 307 Å². The average Bonchev–Trinajstić information content (AvgIpc) is 0.877. The number of carbonyl (C=O) groups excluding carboxylic acids is 4.